The van der Waals surface area contributed by atoms with E-state index in [0.717, 1.165) is 6.92 Å². The van der Waals surface area contributed by atoms with Gasteiger partial charge in [0.25, 0.3) is 5.92 Å². The molecule has 4 rings (SSSR count). The summed E-state index contributed by atoms with van der Waals surface area (Å²) in [6, 6.07) is 3.90. The lowest BCUT2D eigenvalue weighted by molar-refractivity contribution is -0.117. The normalized spacial score (nSPS) is 21.0. The molecular weight excluding hydrogens is 316 g/mol. The van der Waals surface area contributed by atoms with Crippen molar-refractivity contribution < 1.29 is 18.0 Å². The Labute approximate surface area is 138 Å². The monoisotopic (exact) mass is 335 g/mol. The second-order valence-electron chi connectivity index (χ2n) is 6.75. The van der Waals surface area contributed by atoms with E-state index in [9.17, 15) is 8.78 Å². The van der Waals surface area contributed by atoms with E-state index in [-0.39, 0.29) is 37.8 Å². The summed E-state index contributed by atoms with van der Waals surface area (Å²) in [5, 5.41) is 3.92. The fourth-order valence-electron chi connectivity index (χ4n) is 3.32. The lowest BCUT2D eigenvalue weighted by atomic mass is 9.75. The molecule has 0 N–H and O–H groups in total. The molecule has 2 aromatic rings. The Kier molecular flexibility index (Phi) is 3.63. The van der Waals surface area contributed by atoms with Crippen LogP contribution in [0, 0.1) is 0 Å². The molecule has 1 saturated carbocycles. The maximum atomic E-state index is 14.3. The van der Waals surface area contributed by atoms with Gasteiger partial charge in [0.1, 0.15) is 11.1 Å². The van der Waals surface area contributed by atoms with Crippen LogP contribution < -0.4 is 0 Å². The lowest BCUT2D eigenvalue weighted by Crippen LogP contribution is -2.47. The van der Waals surface area contributed by atoms with Crippen LogP contribution in [0.25, 0.3) is 11.5 Å². The molecule has 3 heterocycles. The number of hydrogen-bond acceptors (Lipinski definition) is 5. The topological polar surface area (TPSA) is 61.0 Å². The molecule has 5 nitrogen and oxygen atoms in total. The van der Waals surface area contributed by atoms with Gasteiger partial charge in [-0.25, -0.2) is 8.78 Å². The molecule has 0 radical (unpaired) electrons. The van der Waals surface area contributed by atoms with Gasteiger partial charge in [-0.3, -0.25) is 4.98 Å². The van der Waals surface area contributed by atoms with Gasteiger partial charge < -0.3 is 9.26 Å². The van der Waals surface area contributed by atoms with E-state index >= 15 is 0 Å². The van der Waals surface area contributed by atoms with E-state index < -0.39 is 11.3 Å². The van der Waals surface area contributed by atoms with Crippen molar-refractivity contribution >= 4 is 0 Å². The van der Waals surface area contributed by atoms with Crippen molar-refractivity contribution in [2.45, 2.75) is 49.9 Å². The Morgan fingerprint density at radius 3 is 2.67 bits per heavy atom. The number of hydrogen-bond donors (Lipinski definition) is 0. The third-order valence-corrected chi connectivity index (χ3v) is 5.08. The molecule has 2 aromatic heterocycles. The second kappa shape index (κ2) is 5.58. The van der Waals surface area contributed by atoms with Crippen LogP contribution in [-0.4, -0.2) is 34.3 Å². The van der Waals surface area contributed by atoms with Crippen molar-refractivity contribution in [2.75, 3.05) is 13.2 Å². The van der Waals surface area contributed by atoms with Crippen LogP contribution in [0.3, 0.4) is 0 Å². The Morgan fingerprint density at radius 2 is 2.00 bits per heavy atom. The molecule has 128 valence electrons. The minimum absolute atomic E-state index is 0.0214. The molecule has 0 aromatic carbocycles. The molecule has 0 unspecified atom stereocenters. The first-order valence-corrected chi connectivity index (χ1v) is 8.26. The molecule has 1 saturated heterocycles. The Bertz CT molecular complexity index is 731. The van der Waals surface area contributed by atoms with E-state index in [0.29, 0.717) is 11.6 Å². The number of alkyl halides is 2. The van der Waals surface area contributed by atoms with E-state index in [1.54, 1.807) is 6.20 Å². The van der Waals surface area contributed by atoms with Crippen molar-refractivity contribution in [1.82, 2.24) is 15.1 Å². The van der Waals surface area contributed by atoms with Crippen molar-refractivity contribution in [2.24, 2.45) is 0 Å². The van der Waals surface area contributed by atoms with E-state index in [1.165, 1.54) is 18.4 Å². The third kappa shape index (κ3) is 2.60. The fourth-order valence-corrected chi connectivity index (χ4v) is 3.32. The van der Waals surface area contributed by atoms with Crippen molar-refractivity contribution in [3.05, 3.63) is 29.8 Å². The number of pyridine rings is 1. The smallest absolute Gasteiger partial charge is 0.259 e. The summed E-state index contributed by atoms with van der Waals surface area (Å²) in [5.74, 6) is -2.15. The van der Waals surface area contributed by atoms with Gasteiger partial charge in [-0.15, -0.1) is 0 Å². The summed E-state index contributed by atoms with van der Waals surface area (Å²) in [7, 11) is 0. The molecule has 0 spiro atoms. The van der Waals surface area contributed by atoms with Crippen LogP contribution in [0.15, 0.2) is 22.9 Å². The highest BCUT2D eigenvalue weighted by Gasteiger charge is 2.56. The van der Waals surface area contributed by atoms with Crippen LogP contribution in [-0.2, 0) is 10.2 Å². The maximum Gasteiger partial charge on any atom is 0.259 e. The largest absolute Gasteiger partial charge is 0.381 e. The molecule has 0 bridgehead atoms. The lowest BCUT2D eigenvalue weighted by Gasteiger charge is -2.38. The highest BCUT2D eigenvalue weighted by molar-refractivity contribution is 5.50. The Balaban J connectivity index is 1.69. The molecule has 1 aliphatic heterocycles. The summed E-state index contributed by atoms with van der Waals surface area (Å²) >= 11 is 0. The zero-order chi connectivity index (χ0) is 16.8. The zero-order valence-corrected chi connectivity index (χ0v) is 13.5. The minimum Gasteiger partial charge on any atom is -0.381 e. The van der Waals surface area contributed by atoms with Crippen LogP contribution >= 0.6 is 0 Å². The molecule has 0 atom stereocenters. The molecule has 7 heteroatoms. The van der Waals surface area contributed by atoms with Crippen LogP contribution in [0.1, 0.15) is 50.0 Å². The summed E-state index contributed by atoms with van der Waals surface area (Å²) < 4.78 is 39.2. The van der Waals surface area contributed by atoms with Gasteiger partial charge in [0.2, 0.25) is 11.7 Å². The molecular formula is C17H19F2N3O2. The number of nitrogens with zero attached hydrogens (tertiary/aromatic N) is 3. The average Bonchev–Trinajstić information content (AvgIpc) is 3.31. The van der Waals surface area contributed by atoms with Crippen LogP contribution in [0.2, 0.25) is 0 Å². The van der Waals surface area contributed by atoms with Gasteiger partial charge in [-0.1, -0.05) is 5.16 Å². The maximum absolute atomic E-state index is 14.3. The summed E-state index contributed by atoms with van der Waals surface area (Å²) in [4.78, 5) is 8.55. The highest BCUT2D eigenvalue weighted by atomic mass is 19.3. The first-order valence-electron chi connectivity index (χ1n) is 8.26. The van der Waals surface area contributed by atoms with Gasteiger partial charge in [-0.05, 0) is 49.3 Å². The first-order chi connectivity index (χ1) is 11.5. The number of halogens is 2. The third-order valence-electron chi connectivity index (χ3n) is 5.08. The van der Waals surface area contributed by atoms with Crippen molar-refractivity contribution in [1.29, 1.82) is 0 Å². The van der Waals surface area contributed by atoms with Crippen LogP contribution in [0.4, 0.5) is 8.78 Å². The Morgan fingerprint density at radius 1 is 1.25 bits per heavy atom. The summed E-state index contributed by atoms with van der Waals surface area (Å²) in [6.45, 7) is 1.43. The SMILES string of the molecule is CC(F)(F)C1(c2nc(-c3cc(C4CC4)ccn3)no2)CCOCC1. The molecule has 2 aliphatic rings. The second-order valence-corrected chi connectivity index (χ2v) is 6.75. The summed E-state index contributed by atoms with van der Waals surface area (Å²) in [6.07, 6.45) is 4.37. The fraction of sp³-hybridized carbons (Fsp3) is 0.588. The van der Waals surface area contributed by atoms with E-state index in [4.69, 9.17) is 9.26 Å². The molecule has 2 fully saturated rings. The number of ether oxygens (including phenoxy) is 1. The van der Waals surface area contributed by atoms with Crippen LogP contribution in [0.5, 0.6) is 0 Å². The van der Waals surface area contributed by atoms with E-state index in [2.05, 4.69) is 15.1 Å². The van der Waals surface area contributed by atoms with Gasteiger partial charge in [0.05, 0.1) is 0 Å². The zero-order valence-electron chi connectivity index (χ0n) is 13.5. The highest BCUT2D eigenvalue weighted by Crippen LogP contribution is 2.46. The number of rotatable bonds is 4. The standard InChI is InChI=1S/C17H19F2N3O2/c1-16(18,19)17(5-8-23-9-6-17)15-21-14(22-24-15)13-10-12(4-7-20-13)11-2-3-11/h4,7,10-11H,2-3,5-6,8-9H2,1H3. The van der Waals surface area contributed by atoms with Gasteiger partial charge in [0.15, 0.2) is 0 Å². The predicted molar refractivity (Wildman–Crippen MR) is 81.9 cm³/mol. The molecule has 24 heavy (non-hydrogen) atoms. The van der Waals surface area contributed by atoms with Gasteiger partial charge in [-0.2, -0.15) is 4.98 Å². The van der Waals surface area contributed by atoms with Gasteiger partial charge >= 0.3 is 0 Å². The number of aromatic nitrogens is 3. The van der Waals surface area contributed by atoms with E-state index in [1.807, 2.05) is 12.1 Å². The predicted octanol–water partition coefficient (Wildman–Crippen LogP) is 3.71. The first kappa shape index (κ1) is 15.6. The Hall–Kier alpha value is -1.89. The quantitative estimate of drug-likeness (QED) is 0.852. The summed E-state index contributed by atoms with van der Waals surface area (Å²) in [5.41, 5.74) is 0.286. The van der Waals surface area contributed by atoms with Gasteiger partial charge in [0, 0.05) is 26.3 Å². The molecule has 1 aliphatic carbocycles. The average molecular weight is 335 g/mol. The minimum atomic E-state index is -2.97. The van der Waals surface area contributed by atoms with Crippen molar-refractivity contribution in [3.63, 3.8) is 0 Å². The molecule has 0 amide bonds. The van der Waals surface area contributed by atoms with Crippen molar-refractivity contribution in [3.8, 4) is 11.5 Å².